The molecule has 23 heavy (non-hydrogen) atoms. The summed E-state index contributed by atoms with van der Waals surface area (Å²) in [5, 5.41) is 15.4. The van der Waals surface area contributed by atoms with Crippen LogP contribution in [0.1, 0.15) is 28.3 Å². The number of carboxylic acid groups (broad SMARTS) is 1. The van der Waals surface area contributed by atoms with Gasteiger partial charge < -0.3 is 19.7 Å². The Bertz CT molecular complexity index is 751. The summed E-state index contributed by atoms with van der Waals surface area (Å²) in [6.45, 7) is 0.0899. The molecule has 1 aliphatic heterocycles. The molecule has 0 aliphatic carbocycles. The zero-order valence-electron chi connectivity index (χ0n) is 12.1. The molecule has 7 heteroatoms. The van der Waals surface area contributed by atoms with E-state index < -0.39 is 12.1 Å². The third kappa shape index (κ3) is 3.39. The summed E-state index contributed by atoms with van der Waals surface area (Å²) in [6, 6.07) is 12.3. The number of hydrogen-bond acceptors (Lipinski definition) is 5. The van der Waals surface area contributed by atoms with Crippen LogP contribution in [0.4, 0.5) is 0 Å². The predicted octanol–water partition coefficient (Wildman–Crippen LogP) is 1.79. The zero-order valence-corrected chi connectivity index (χ0v) is 12.1. The molecule has 2 aromatic rings. The minimum Gasteiger partial charge on any atom is -0.475 e. The Balaban J connectivity index is 1.53. The number of carbonyl (C=O) groups excluding carboxylic acids is 1. The van der Waals surface area contributed by atoms with E-state index in [1.165, 1.54) is 12.1 Å². The number of hydrogen-bond donors (Lipinski definition) is 2. The molecule has 2 N–H and O–H groups in total. The molecular formula is C16H14N2O5. The first-order chi connectivity index (χ1) is 11.1. The van der Waals surface area contributed by atoms with Crippen LogP contribution in [0.15, 0.2) is 52.0 Å². The number of amides is 1. The average molecular weight is 314 g/mol. The number of nitrogens with zero attached hydrogens (tertiary/aromatic N) is 1. The van der Waals surface area contributed by atoms with Crippen LogP contribution < -0.4 is 5.32 Å². The Kier molecular flexibility index (Phi) is 4.09. The zero-order chi connectivity index (χ0) is 16.2. The predicted molar refractivity (Wildman–Crippen MR) is 80.0 cm³/mol. The molecule has 0 fully saturated rings. The molecular weight excluding hydrogens is 300 g/mol. The molecule has 3 rings (SSSR count). The van der Waals surface area contributed by atoms with Crippen LogP contribution >= 0.6 is 0 Å². The Morgan fingerprint density at radius 3 is 2.70 bits per heavy atom. The van der Waals surface area contributed by atoms with Crippen LogP contribution in [0.25, 0.3) is 0 Å². The van der Waals surface area contributed by atoms with Crippen LogP contribution in [-0.4, -0.2) is 28.8 Å². The van der Waals surface area contributed by atoms with Crippen molar-refractivity contribution in [1.82, 2.24) is 5.32 Å². The Hall–Kier alpha value is -3.09. The van der Waals surface area contributed by atoms with Crippen molar-refractivity contribution in [3.8, 4) is 0 Å². The summed E-state index contributed by atoms with van der Waals surface area (Å²) in [4.78, 5) is 27.9. The van der Waals surface area contributed by atoms with E-state index in [4.69, 9.17) is 14.4 Å². The molecule has 1 aromatic heterocycles. The fourth-order valence-electron chi connectivity index (χ4n) is 2.19. The molecule has 0 unspecified atom stereocenters. The van der Waals surface area contributed by atoms with Crippen molar-refractivity contribution in [3.63, 3.8) is 0 Å². The molecule has 1 aromatic carbocycles. The van der Waals surface area contributed by atoms with E-state index in [1.807, 2.05) is 30.3 Å². The van der Waals surface area contributed by atoms with Gasteiger partial charge in [0.25, 0.3) is 5.91 Å². The third-order valence-electron chi connectivity index (χ3n) is 3.38. The third-order valence-corrected chi connectivity index (χ3v) is 3.38. The van der Waals surface area contributed by atoms with Crippen molar-refractivity contribution in [3.05, 3.63) is 59.5 Å². The lowest BCUT2D eigenvalue weighted by atomic mass is 10.0. The molecule has 1 atom stereocenters. The largest absolute Gasteiger partial charge is 0.475 e. The quantitative estimate of drug-likeness (QED) is 0.876. The Morgan fingerprint density at radius 2 is 2.00 bits per heavy atom. The van der Waals surface area contributed by atoms with Gasteiger partial charge in [0, 0.05) is 6.42 Å². The van der Waals surface area contributed by atoms with Gasteiger partial charge in [-0.05, 0) is 17.7 Å². The fourth-order valence-corrected chi connectivity index (χ4v) is 2.19. The molecule has 0 radical (unpaired) electrons. The smallest absolute Gasteiger partial charge is 0.371 e. The molecule has 0 saturated carbocycles. The maximum absolute atomic E-state index is 12.1. The average Bonchev–Trinajstić information content (AvgIpc) is 3.23. The number of rotatable bonds is 5. The van der Waals surface area contributed by atoms with E-state index in [0.717, 1.165) is 11.3 Å². The summed E-state index contributed by atoms with van der Waals surface area (Å²) in [5.41, 5.74) is 1.64. The number of furan rings is 1. The first kappa shape index (κ1) is 14.8. The summed E-state index contributed by atoms with van der Waals surface area (Å²) in [7, 11) is 0. The first-order valence-corrected chi connectivity index (χ1v) is 7.01. The van der Waals surface area contributed by atoms with Gasteiger partial charge in [0.2, 0.25) is 11.9 Å². The topological polar surface area (TPSA) is 101 Å². The van der Waals surface area contributed by atoms with Gasteiger partial charge in [0.15, 0.2) is 0 Å². The van der Waals surface area contributed by atoms with Crippen molar-refractivity contribution in [2.75, 3.05) is 0 Å². The Morgan fingerprint density at radius 1 is 1.22 bits per heavy atom. The molecule has 0 spiro atoms. The van der Waals surface area contributed by atoms with Gasteiger partial charge in [-0.25, -0.2) is 4.79 Å². The molecule has 118 valence electrons. The minimum atomic E-state index is -1.15. The van der Waals surface area contributed by atoms with Gasteiger partial charge in [-0.2, -0.15) is 0 Å². The molecule has 1 aliphatic rings. The van der Waals surface area contributed by atoms with Crippen LogP contribution in [0.2, 0.25) is 0 Å². The monoisotopic (exact) mass is 314 g/mol. The second-order valence-electron chi connectivity index (χ2n) is 4.99. The highest BCUT2D eigenvalue weighted by molar-refractivity contribution is 6.04. The maximum atomic E-state index is 12.1. The minimum absolute atomic E-state index is 0.0899. The highest BCUT2D eigenvalue weighted by Crippen LogP contribution is 2.17. The second kappa shape index (κ2) is 6.35. The number of nitrogens with one attached hydrogen (secondary N) is 1. The lowest BCUT2D eigenvalue weighted by Crippen LogP contribution is -2.34. The van der Waals surface area contributed by atoms with Crippen molar-refractivity contribution in [2.45, 2.75) is 19.1 Å². The summed E-state index contributed by atoms with van der Waals surface area (Å²) in [6.07, 6.45) is -0.312. The van der Waals surface area contributed by atoms with E-state index in [1.54, 1.807) is 0 Å². The summed E-state index contributed by atoms with van der Waals surface area (Å²) >= 11 is 0. The maximum Gasteiger partial charge on any atom is 0.371 e. The van der Waals surface area contributed by atoms with Crippen LogP contribution in [0, 0.1) is 0 Å². The van der Waals surface area contributed by atoms with Crippen molar-refractivity contribution in [2.24, 2.45) is 5.16 Å². The number of benzene rings is 1. The van der Waals surface area contributed by atoms with Gasteiger partial charge in [0.05, 0.1) is 12.3 Å². The summed E-state index contributed by atoms with van der Waals surface area (Å²) in [5.74, 6) is -1.28. The number of oxime groups is 1. The number of aromatic carboxylic acids is 1. The van der Waals surface area contributed by atoms with Crippen LogP contribution in [0.5, 0.6) is 0 Å². The molecule has 2 heterocycles. The summed E-state index contributed by atoms with van der Waals surface area (Å²) < 4.78 is 5.06. The lowest BCUT2D eigenvalue weighted by molar-refractivity contribution is -0.131. The lowest BCUT2D eigenvalue weighted by Gasteiger charge is -2.08. The van der Waals surface area contributed by atoms with E-state index in [9.17, 15) is 9.59 Å². The van der Waals surface area contributed by atoms with Crippen molar-refractivity contribution >= 4 is 17.6 Å². The van der Waals surface area contributed by atoms with Gasteiger partial charge in [-0.1, -0.05) is 35.5 Å². The van der Waals surface area contributed by atoms with Crippen molar-refractivity contribution in [1.29, 1.82) is 0 Å². The van der Waals surface area contributed by atoms with E-state index in [-0.39, 0.29) is 18.2 Å². The standard InChI is InChI=1S/C16H14N2O5/c19-15(17-9-11-6-7-13(22-11)16(20)21)14-8-12(18-23-14)10-4-2-1-3-5-10/h1-7,14H,8-9H2,(H,17,19)(H,20,21)/t14-/m0/s1. The van der Waals surface area contributed by atoms with Crippen molar-refractivity contribution < 1.29 is 24.0 Å². The van der Waals surface area contributed by atoms with Gasteiger partial charge in [-0.15, -0.1) is 0 Å². The van der Waals surface area contributed by atoms with Crippen LogP contribution in [-0.2, 0) is 16.2 Å². The molecule has 7 nitrogen and oxygen atoms in total. The number of carboxylic acids is 1. The van der Waals surface area contributed by atoms with E-state index >= 15 is 0 Å². The molecule has 0 bridgehead atoms. The molecule has 0 saturated heterocycles. The van der Waals surface area contributed by atoms with E-state index in [2.05, 4.69) is 10.5 Å². The normalized spacial score (nSPS) is 16.5. The van der Waals surface area contributed by atoms with Gasteiger partial charge in [0.1, 0.15) is 5.76 Å². The van der Waals surface area contributed by atoms with Gasteiger partial charge >= 0.3 is 5.97 Å². The van der Waals surface area contributed by atoms with Crippen LogP contribution in [0.3, 0.4) is 0 Å². The molecule has 1 amide bonds. The second-order valence-corrected chi connectivity index (χ2v) is 4.99. The van der Waals surface area contributed by atoms with Gasteiger partial charge in [-0.3, -0.25) is 4.79 Å². The fraction of sp³-hybridized carbons (Fsp3) is 0.188. The SMILES string of the molecule is O=C(O)c1ccc(CNC(=O)[C@@H]2CC(c3ccccc3)=NO2)o1. The highest BCUT2D eigenvalue weighted by Gasteiger charge is 2.28. The first-order valence-electron chi connectivity index (χ1n) is 7.01. The highest BCUT2D eigenvalue weighted by atomic mass is 16.6. The Labute approximate surface area is 131 Å². The number of carbonyl (C=O) groups is 2. The van der Waals surface area contributed by atoms with E-state index in [0.29, 0.717) is 12.2 Å².